The van der Waals surface area contributed by atoms with Crippen molar-refractivity contribution in [2.75, 3.05) is 20.1 Å². The molecule has 38 heavy (non-hydrogen) atoms. The molecular weight excluding hydrogens is 568 g/mol. The van der Waals surface area contributed by atoms with E-state index in [1.165, 1.54) is 13.0 Å². The van der Waals surface area contributed by atoms with Gasteiger partial charge in [0.1, 0.15) is 11.9 Å². The van der Waals surface area contributed by atoms with Gasteiger partial charge in [-0.25, -0.2) is 0 Å². The van der Waals surface area contributed by atoms with Gasteiger partial charge in [0, 0.05) is 70.0 Å². The molecule has 0 radical (unpaired) electrons. The van der Waals surface area contributed by atoms with E-state index in [4.69, 9.17) is 9.47 Å². The number of halogens is 1. The van der Waals surface area contributed by atoms with Crippen molar-refractivity contribution in [3.63, 3.8) is 0 Å². The number of nitrogens with zero attached hydrogens (tertiary/aromatic N) is 2. The summed E-state index contributed by atoms with van der Waals surface area (Å²) < 4.78 is 13.3. The van der Waals surface area contributed by atoms with Crippen LogP contribution in [0.4, 0.5) is 0 Å². The number of hydrogen-bond donors (Lipinski definition) is 1. The number of carbonyl (C=O) groups is 2. The molecule has 4 aliphatic rings. The Morgan fingerprint density at radius 3 is 2.92 bits per heavy atom. The van der Waals surface area contributed by atoms with Crippen LogP contribution in [0.3, 0.4) is 0 Å². The van der Waals surface area contributed by atoms with Crippen LogP contribution in [0.1, 0.15) is 42.2 Å². The molecule has 1 amide bonds. The molecule has 6 rings (SSSR count). The average Bonchev–Trinajstić information content (AvgIpc) is 3.45. The first-order valence-electron chi connectivity index (χ1n) is 13.0. The highest BCUT2D eigenvalue weighted by molar-refractivity contribution is 9.10. The maximum Gasteiger partial charge on any atom is 0.308 e. The number of likely N-dealkylation sites (N-methyl/N-ethyl adjacent to an activating group) is 1. The third-order valence-corrected chi connectivity index (χ3v) is 10.6. The lowest BCUT2D eigenvalue weighted by molar-refractivity contribution is -0.135. The second kappa shape index (κ2) is 9.54. The number of esters is 1. The van der Waals surface area contributed by atoms with E-state index in [1.54, 1.807) is 17.4 Å². The molecule has 2 aromatic rings. The zero-order valence-electron chi connectivity index (χ0n) is 21.5. The molecular formula is C29H31BrN2O5S. The number of likely N-dealkylation sites (tertiary alicyclic amines) is 1. The number of aromatic hydroxyl groups is 1. The van der Waals surface area contributed by atoms with Crippen molar-refractivity contribution in [3.05, 3.63) is 56.7 Å². The van der Waals surface area contributed by atoms with Crippen molar-refractivity contribution < 1.29 is 24.2 Å². The Kier molecular flexibility index (Phi) is 6.44. The Bertz CT molecular complexity index is 1350. The number of hydrogen-bond acceptors (Lipinski definition) is 7. The first-order valence-corrected chi connectivity index (χ1v) is 14.7. The third kappa shape index (κ3) is 3.85. The summed E-state index contributed by atoms with van der Waals surface area (Å²) in [6, 6.07) is 3.59. The highest BCUT2D eigenvalue weighted by Gasteiger charge is 2.66. The topological polar surface area (TPSA) is 79.3 Å². The summed E-state index contributed by atoms with van der Waals surface area (Å²) >= 11 is 5.04. The van der Waals surface area contributed by atoms with Crippen molar-refractivity contribution in [2.45, 2.75) is 56.2 Å². The first kappa shape index (κ1) is 25.6. The molecule has 5 atom stereocenters. The van der Waals surface area contributed by atoms with Crippen LogP contribution in [0.25, 0.3) is 6.08 Å². The van der Waals surface area contributed by atoms with E-state index in [0.717, 1.165) is 59.2 Å². The zero-order valence-corrected chi connectivity index (χ0v) is 23.9. The van der Waals surface area contributed by atoms with Gasteiger partial charge in [0.15, 0.2) is 11.5 Å². The van der Waals surface area contributed by atoms with E-state index in [9.17, 15) is 14.7 Å². The van der Waals surface area contributed by atoms with Gasteiger partial charge in [-0.05, 0) is 66.2 Å². The number of ether oxygens (including phenoxy) is 2. The fraction of sp³-hybridized carbons (Fsp3) is 0.448. The molecule has 2 fully saturated rings. The number of phenols is 1. The third-order valence-electron chi connectivity index (χ3n) is 8.93. The van der Waals surface area contributed by atoms with Crippen molar-refractivity contribution in [1.29, 1.82) is 0 Å². The van der Waals surface area contributed by atoms with Crippen LogP contribution >= 0.6 is 27.3 Å². The van der Waals surface area contributed by atoms with Crippen LogP contribution in [-0.2, 0) is 21.4 Å². The molecule has 1 spiro atoms. The maximum absolute atomic E-state index is 13.3. The van der Waals surface area contributed by atoms with E-state index in [-0.39, 0.29) is 35.3 Å². The normalized spacial score (nSPS) is 29.0. The fourth-order valence-electron chi connectivity index (χ4n) is 7.53. The quantitative estimate of drug-likeness (QED) is 0.220. The Hall–Kier alpha value is -2.62. The van der Waals surface area contributed by atoms with Crippen LogP contribution in [-0.4, -0.2) is 65.1 Å². The second-order valence-corrected chi connectivity index (χ2v) is 12.6. The number of thiophene rings is 1. The number of amides is 1. The van der Waals surface area contributed by atoms with Gasteiger partial charge in [-0.1, -0.05) is 6.08 Å². The smallest absolute Gasteiger partial charge is 0.308 e. The van der Waals surface area contributed by atoms with Gasteiger partial charge < -0.3 is 19.5 Å². The molecule has 2 aliphatic carbocycles. The standard InChI is InChI=1S/C29H31BrN2O5S/c1-4-10-32-11-9-29-20-6-7-21(31(3)25(35)8-5-18-12-17(30)15-38-18)28(29)37-27-23(34)14-24(36-16(2)33)19(26(27)29)13-22(20)32/h4-5,8,12,14-15,20-22,28,34H,1,6-7,9-11,13H2,2-3H3/b8-5+/t20-,21+,22+,28-,29-/m0/s1. The van der Waals surface area contributed by atoms with E-state index in [2.05, 4.69) is 27.4 Å². The SMILES string of the molecule is C=CCN1CC[C@]23c4c5c(OC(C)=O)cc(O)c4O[C@H]2[C@H](N(C)C(=O)/C=C/c2cc(Br)cs2)CC[C@H]3[C@H]1C5. The van der Waals surface area contributed by atoms with E-state index < -0.39 is 5.97 Å². The molecule has 1 aromatic heterocycles. The van der Waals surface area contributed by atoms with Gasteiger partial charge in [0.05, 0.1) is 6.04 Å². The Morgan fingerprint density at radius 2 is 2.21 bits per heavy atom. The summed E-state index contributed by atoms with van der Waals surface area (Å²) in [4.78, 5) is 30.6. The molecule has 9 heteroatoms. The van der Waals surface area contributed by atoms with Crippen LogP contribution in [0.15, 0.2) is 40.7 Å². The van der Waals surface area contributed by atoms with Crippen LogP contribution in [0.5, 0.6) is 17.2 Å². The Labute approximate surface area is 234 Å². The minimum absolute atomic E-state index is 0.00889. The molecule has 1 saturated carbocycles. The van der Waals surface area contributed by atoms with Crippen molar-refractivity contribution in [2.24, 2.45) is 5.92 Å². The molecule has 200 valence electrons. The minimum atomic E-state index is -0.416. The largest absolute Gasteiger partial charge is 0.504 e. The van der Waals surface area contributed by atoms with Crippen molar-refractivity contribution in [1.82, 2.24) is 9.80 Å². The van der Waals surface area contributed by atoms with E-state index >= 15 is 0 Å². The van der Waals surface area contributed by atoms with Crippen LogP contribution in [0, 0.1) is 5.92 Å². The fourth-order valence-corrected chi connectivity index (χ4v) is 8.87. The zero-order chi connectivity index (χ0) is 26.8. The summed E-state index contributed by atoms with van der Waals surface area (Å²) in [6.07, 6.45) is 8.45. The summed E-state index contributed by atoms with van der Waals surface area (Å²) in [6.45, 7) is 7.02. The highest BCUT2D eigenvalue weighted by atomic mass is 79.9. The molecule has 0 unspecified atom stereocenters. The summed E-state index contributed by atoms with van der Waals surface area (Å²) in [7, 11) is 1.85. The number of rotatable bonds is 6. The highest BCUT2D eigenvalue weighted by Crippen LogP contribution is 2.65. The number of phenolic OH excluding ortho intramolecular Hbond substituents is 1. The van der Waals surface area contributed by atoms with Crippen molar-refractivity contribution in [3.8, 4) is 17.2 Å². The number of carbonyl (C=O) groups excluding carboxylic acids is 2. The lowest BCUT2D eigenvalue weighted by Crippen LogP contribution is -2.68. The first-order chi connectivity index (χ1) is 18.2. The lowest BCUT2D eigenvalue weighted by Gasteiger charge is -2.60. The van der Waals surface area contributed by atoms with Gasteiger partial charge in [-0.2, -0.15) is 0 Å². The second-order valence-electron chi connectivity index (χ2n) is 10.8. The summed E-state index contributed by atoms with van der Waals surface area (Å²) in [5.41, 5.74) is 1.57. The molecule has 1 N–H and O–H groups in total. The Balaban J connectivity index is 1.41. The maximum atomic E-state index is 13.3. The average molecular weight is 600 g/mol. The molecule has 2 bridgehead atoms. The van der Waals surface area contributed by atoms with Gasteiger partial charge in [-0.15, -0.1) is 17.9 Å². The number of piperidine rings is 1. The van der Waals surface area contributed by atoms with E-state index in [0.29, 0.717) is 17.4 Å². The van der Waals surface area contributed by atoms with Crippen LogP contribution < -0.4 is 9.47 Å². The van der Waals surface area contributed by atoms with Crippen molar-refractivity contribution >= 4 is 45.2 Å². The Morgan fingerprint density at radius 1 is 1.39 bits per heavy atom. The van der Waals surface area contributed by atoms with Crippen LogP contribution in [0.2, 0.25) is 0 Å². The predicted octanol–water partition coefficient (Wildman–Crippen LogP) is 4.91. The number of benzene rings is 1. The molecule has 3 heterocycles. The monoisotopic (exact) mass is 598 g/mol. The van der Waals surface area contributed by atoms with Gasteiger partial charge in [0.2, 0.25) is 5.91 Å². The molecule has 7 nitrogen and oxygen atoms in total. The lowest BCUT2D eigenvalue weighted by atomic mass is 9.51. The predicted molar refractivity (Wildman–Crippen MR) is 150 cm³/mol. The van der Waals surface area contributed by atoms with Gasteiger partial charge >= 0.3 is 5.97 Å². The summed E-state index contributed by atoms with van der Waals surface area (Å²) in [5, 5.41) is 13.0. The van der Waals surface area contributed by atoms with E-state index in [1.807, 2.05) is 35.5 Å². The van der Waals surface area contributed by atoms with Gasteiger partial charge in [0.25, 0.3) is 0 Å². The molecule has 2 aliphatic heterocycles. The van der Waals surface area contributed by atoms with Gasteiger partial charge in [-0.3, -0.25) is 14.5 Å². The summed E-state index contributed by atoms with van der Waals surface area (Å²) in [5.74, 6) is 0.716. The molecule has 1 saturated heterocycles. The molecule has 1 aromatic carbocycles. The minimum Gasteiger partial charge on any atom is -0.504 e.